The third kappa shape index (κ3) is 6.12. The highest BCUT2D eigenvalue weighted by molar-refractivity contribution is 9.09. The Hall–Kier alpha value is -2.81. The number of H-pyrrole nitrogens is 1. The van der Waals surface area contributed by atoms with Crippen molar-refractivity contribution in [3.63, 3.8) is 0 Å². The van der Waals surface area contributed by atoms with Crippen LogP contribution in [0.1, 0.15) is 46.6 Å². The Kier molecular flexibility index (Phi) is 8.33. The molecule has 1 aromatic heterocycles. The van der Waals surface area contributed by atoms with Crippen LogP contribution in [0.25, 0.3) is 6.08 Å². The summed E-state index contributed by atoms with van der Waals surface area (Å²) in [6.07, 6.45) is 11.4. The maximum atomic E-state index is 12.8. The lowest BCUT2D eigenvalue weighted by Gasteiger charge is -2.27. The number of nitrogens with one attached hydrogen (secondary N) is 4. The topological polar surface area (TPSA) is 106 Å². The van der Waals surface area contributed by atoms with E-state index in [4.69, 9.17) is 0 Å². The number of urea groups is 1. The van der Waals surface area contributed by atoms with E-state index in [0.717, 1.165) is 42.9 Å². The second kappa shape index (κ2) is 11.2. The molecule has 0 aliphatic carbocycles. The Morgan fingerprint density at radius 2 is 2.16 bits per heavy atom. The highest BCUT2D eigenvalue weighted by Gasteiger charge is 2.19. The maximum absolute atomic E-state index is 12.8. The highest BCUT2D eigenvalue weighted by atomic mass is 79.9. The Bertz CT molecular complexity index is 963. The minimum absolute atomic E-state index is 0.0395. The number of aryl methyl sites for hydroxylation is 1. The number of allylic oxidation sites excluding steroid dienone is 2. The van der Waals surface area contributed by atoms with Gasteiger partial charge in [-0.05, 0) is 44.7 Å². The number of nitrogens with zero attached hydrogens (tertiary/aromatic N) is 1. The van der Waals surface area contributed by atoms with E-state index in [1.165, 1.54) is 0 Å². The highest BCUT2D eigenvalue weighted by Crippen LogP contribution is 2.21. The van der Waals surface area contributed by atoms with Gasteiger partial charge in [0.15, 0.2) is 0 Å². The van der Waals surface area contributed by atoms with Crippen molar-refractivity contribution in [2.24, 2.45) is 0 Å². The van der Waals surface area contributed by atoms with E-state index in [0.29, 0.717) is 30.6 Å². The average molecular weight is 504 g/mol. The molecule has 0 saturated carbocycles. The van der Waals surface area contributed by atoms with Crippen molar-refractivity contribution >= 4 is 39.9 Å². The van der Waals surface area contributed by atoms with Gasteiger partial charge in [0.1, 0.15) is 0 Å². The van der Waals surface area contributed by atoms with Crippen LogP contribution in [-0.2, 0) is 4.79 Å². The van der Waals surface area contributed by atoms with Crippen LogP contribution in [0.4, 0.5) is 4.79 Å². The van der Waals surface area contributed by atoms with E-state index in [1.807, 2.05) is 26.0 Å². The van der Waals surface area contributed by atoms with Gasteiger partial charge in [-0.25, -0.2) is 4.79 Å². The summed E-state index contributed by atoms with van der Waals surface area (Å²) in [6, 6.07) is -0.0395. The van der Waals surface area contributed by atoms with Gasteiger partial charge in [-0.2, -0.15) is 0 Å². The molecule has 0 aromatic carbocycles. The molecule has 8 nitrogen and oxygen atoms in total. The van der Waals surface area contributed by atoms with Gasteiger partial charge in [-0.3, -0.25) is 9.59 Å². The number of aromatic amines is 1. The first-order valence-corrected chi connectivity index (χ1v) is 11.8. The van der Waals surface area contributed by atoms with E-state index in [9.17, 15) is 14.4 Å². The summed E-state index contributed by atoms with van der Waals surface area (Å²) in [5.41, 5.74) is 3.33. The number of halogens is 1. The fourth-order valence-electron chi connectivity index (χ4n) is 3.76. The summed E-state index contributed by atoms with van der Waals surface area (Å²) in [6.45, 7) is 6.28. The number of rotatable bonds is 6. The van der Waals surface area contributed by atoms with Gasteiger partial charge in [-0.15, -0.1) is 0 Å². The predicted molar refractivity (Wildman–Crippen MR) is 129 cm³/mol. The molecule has 0 bridgehead atoms. The largest absolute Gasteiger partial charge is 0.358 e. The molecule has 1 fully saturated rings. The molecule has 1 unspecified atom stereocenters. The van der Waals surface area contributed by atoms with Gasteiger partial charge in [0.25, 0.3) is 11.8 Å². The smallest absolute Gasteiger partial charge is 0.317 e. The lowest BCUT2D eigenvalue weighted by Crippen LogP contribution is -2.47. The summed E-state index contributed by atoms with van der Waals surface area (Å²) in [4.78, 5) is 42.2. The minimum atomic E-state index is -0.210. The fourth-order valence-corrected chi connectivity index (χ4v) is 4.13. The molecule has 4 N–H and O–H groups in total. The standard InChI is InChI=1S/C23H30BrN5O3/c1-15-19(14-17-7-8-18(24)6-3-9-25-21(17)30)28-16(2)20(15)22(31)26-10-4-12-29-13-5-11-27-23(29)32/h3,7-9,14,18,28H,4-6,10-13H2,1-2H3,(H,25,30)(H,26,31)(H,27,32). The summed E-state index contributed by atoms with van der Waals surface area (Å²) < 4.78 is 0. The Morgan fingerprint density at radius 3 is 2.94 bits per heavy atom. The number of hydrogen-bond acceptors (Lipinski definition) is 3. The summed E-state index contributed by atoms with van der Waals surface area (Å²) in [7, 11) is 0. The summed E-state index contributed by atoms with van der Waals surface area (Å²) >= 11 is 3.56. The lowest BCUT2D eigenvalue weighted by atomic mass is 10.1. The molecular weight excluding hydrogens is 474 g/mol. The molecule has 0 radical (unpaired) electrons. The quantitative estimate of drug-likeness (QED) is 0.272. The van der Waals surface area contributed by atoms with Crippen molar-refractivity contribution < 1.29 is 14.4 Å². The van der Waals surface area contributed by atoms with Crippen molar-refractivity contribution in [2.45, 2.75) is 37.9 Å². The van der Waals surface area contributed by atoms with Gasteiger partial charge >= 0.3 is 6.03 Å². The van der Waals surface area contributed by atoms with Crippen molar-refractivity contribution in [3.8, 4) is 0 Å². The van der Waals surface area contributed by atoms with Crippen LogP contribution in [0.5, 0.6) is 0 Å². The molecule has 1 saturated heterocycles. The number of carbonyl (C=O) groups excluding carboxylic acids is 3. The Morgan fingerprint density at radius 1 is 1.34 bits per heavy atom. The van der Waals surface area contributed by atoms with Gasteiger partial charge in [0.05, 0.1) is 5.56 Å². The third-order valence-electron chi connectivity index (χ3n) is 5.50. The van der Waals surface area contributed by atoms with E-state index < -0.39 is 0 Å². The van der Waals surface area contributed by atoms with Crippen LogP contribution in [0.3, 0.4) is 0 Å². The zero-order valence-electron chi connectivity index (χ0n) is 18.5. The Labute approximate surface area is 196 Å². The fraction of sp³-hybridized carbons (Fsp3) is 0.435. The predicted octanol–water partition coefficient (Wildman–Crippen LogP) is 2.90. The normalized spacial score (nSPS) is 20.4. The van der Waals surface area contributed by atoms with Crippen LogP contribution in [-0.4, -0.2) is 58.7 Å². The zero-order valence-corrected chi connectivity index (χ0v) is 20.0. The number of hydrogen-bond donors (Lipinski definition) is 4. The molecule has 3 rings (SSSR count). The van der Waals surface area contributed by atoms with Crippen LogP contribution in [0, 0.1) is 13.8 Å². The van der Waals surface area contributed by atoms with E-state index in [-0.39, 0.29) is 22.7 Å². The first kappa shape index (κ1) is 23.8. The summed E-state index contributed by atoms with van der Waals surface area (Å²) in [5, 5.41) is 8.53. The molecule has 2 aliphatic rings. The Balaban J connectivity index is 1.66. The van der Waals surface area contributed by atoms with Crippen LogP contribution < -0.4 is 16.0 Å². The lowest BCUT2D eigenvalue weighted by molar-refractivity contribution is -0.116. The molecule has 4 amide bonds. The van der Waals surface area contributed by atoms with Gasteiger partial charge < -0.3 is 25.8 Å². The van der Waals surface area contributed by atoms with Crippen LogP contribution in [0.15, 0.2) is 30.0 Å². The van der Waals surface area contributed by atoms with Gasteiger partial charge in [-0.1, -0.05) is 34.2 Å². The van der Waals surface area contributed by atoms with Crippen molar-refractivity contribution in [1.29, 1.82) is 0 Å². The molecular formula is C23H30BrN5O3. The molecule has 9 heteroatoms. The third-order valence-corrected chi connectivity index (χ3v) is 6.18. The second-order valence-corrected chi connectivity index (χ2v) is 9.11. The van der Waals surface area contributed by atoms with Gasteiger partial charge in [0.2, 0.25) is 0 Å². The van der Waals surface area contributed by atoms with Crippen LogP contribution in [0.2, 0.25) is 0 Å². The maximum Gasteiger partial charge on any atom is 0.317 e. The first-order valence-electron chi connectivity index (χ1n) is 10.9. The monoisotopic (exact) mass is 503 g/mol. The number of carbonyl (C=O) groups is 3. The molecule has 1 atom stereocenters. The van der Waals surface area contributed by atoms with Crippen molar-refractivity contribution in [3.05, 3.63) is 52.5 Å². The van der Waals surface area contributed by atoms with Crippen LogP contribution >= 0.6 is 15.9 Å². The zero-order chi connectivity index (χ0) is 23.1. The molecule has 172 valence electrons. The minimum Gasteiger partial charge on any atom is -0.358 e. The SMILES string of the molecule is Cc1[nH]c(C=C2C=CC(Br)CC=CNC2=O)c(C)c1C(=O)NCCCN1CCCNC1=O. The molecule has 1 aromatic rings. The van der Waals surface area contributed by atoms with E-state index in [1.54, 1.807) is 23.3 Å². The van der Waals surface area contributed by atoms with E-state index in [2.05, 4.69) is 36.9 Å². The number of alkyl halides is 1. The number of amides is 4. The van der Waals surface area contributed by atoms with Crippen molar-refractivity contribution in [2.75, 3.05) is 26.2 Å². The molecule has 0 spiro atoms. The van der Waals surface area contributed by atoms with Gasteiger partial charge in [0, 0.05) is 54.2 Å². The molecule has 3 heterocycles. The molecule has 2 aliphatic heterocycles. The number of aromatic nitrogens is 1. The average Bonchev–Trinajstić information content (AvgIpc) is 3.08. The van der Waals surface area contributed by atoms with Crippen molar-refractivity contribution in [1.82, 2.24) is 25.8 Å². The molecule has 32 heavy (non-hydrogen) atoms. The first-order chi connectivity index (χ1) is 15.4. The second-order valence-electron chi connectivity index (χ2n) is 7.93. The van der Waals surface area contributed by atoms with E-state index >= 15 is 0 Å². The summed E-state index contributed by atoms with van der Waals surface area (Å²) in [5.74, 6) is -0.375.